The molecule has 0 N–H and O–H groups in total. The molecule has 0 bridgehead atoms. The van der Waals surface area contributed by atoms with E-state index in [-0.39, 0.29) is 0 Å². The van der Waals surface area contributed by atoms with Crippen LogP contribution in [0.2, 0.25) is 0 Å². The highest BCUT2D eigenvalue weighted by Crippen LogP contribution is 2.24. The zero-order chi connectivity index (χ0) is 16.4. The summed E-state index contributed by atoms with van der Waals surface area (Å²) in [6, 6.07) is 18.2. The second-order valence-electron chi connectivity index (χ2n) is 5.52. The molecule has 0 saturated heterocycles. The molecule has 0 aliphatic carbocycles. The van der Waals surface area contributed by atoms with E-state index < -0.39 is 0 Å². The van der Waals surface area contributed by atoms with Crippen LogP contribution in [0.3, 0.4) is 0 Å². The SMILES string of the molecule is Cc1ccc(-c2nc(Cn3nnc(-c4ccccc4)n3)cs2)cc1. The Morgan fingerprint density at radius 3 is 2.54 bits per heavy atom. The van der Waals surface area contributed by atoms with E-state index in [1.54, 1.807) is 16.1 Å². The van der Waals surface area contributed by atoms with Crippen molar-refractivity contribution in [3.05, 3.63) is 71.2 Å². The van der Waals surface area contributed by atoms with Gasteiger partial charge >= 0.3 is 0 Å². The molecule has 24 heavy (non-hydrogen) atoms. The molecule has 2 aromatic carbocycles. The Morgan fingerprint density at radius 1 is 0.958 bits per heavy atom. The maximum atomic E-state index is 4.68. The Hall–Kier alpha value is -2.86. The average Bonchev–Trinajstić information content (AvgIpc) is 3.27. The van der Waals surface area contributed by atoms with E-state index in [2.05, 4.69) is 51.6 Å². The number of nitrogens with zero attached hydrogens (tertiary/aromatic N) is 5. The lowest BCUT2D eigenvalue weighted by molar-refractivity contribution is 0.566. The first kappa shape index (κ1) is 14.7. The van der Waals surface area contributed by atoms with Gasteiger partial charge in [-0.3, -0.25) is 0 Å². The van der Waals surface area contributed by atoms with Crippen molar-refractivity contribution < 1.29 is 0 Å². The fourth-order valence-corrected chi connectivity index (χ4v) is 3.18. The number of hydrogen-bond donors (Lipinski definition) is 0. The van der Waals surface area contributed by atoms with Crippen molar-refractivity contribution in [2.75, 3.05) is 0 Å². The highest BCUT2D eigenvalue weighted by molar-refractivity contribution is 7.13. The standard InChI is InChI=1S/C18H15N5S/c1-13-7-9-15(10-8-13)18-19-16(12-24-18)11-23-21-17(20-22-23)14-5-3-2-4-6-14/h2-10,12H,11H2,1H3. The molecule has 0 amide bonds. The molecule has 2 heterocycles. The summed E-state index contributed by atoms with van der Waals surface area (Å²) in [5.41, 5.74) is 4.28. The monoisotopic (exact) mass is 333 g/mol. The van der Waals surface area contributed by atoms with Gasteiger partial charge in [0.2, 0.25) is 5.82 Å². The minimum absolute atomic E-state index is 0.516. The number of hydrogen-bond acceptors (Lipinski definition) is 5. The molecule has 0 fully saturated rings. The third-order valence-electron chi connectivity index (χ3n) is 3.64. The van der Waals surface area contributed by atoms with Crippen molar-refractivity contribution in [2.45, 2.75) is 13.5 Å². The molecule has 5 nitrogen and oxygen atoms in total. The van der Waals surface area contributed by atoms with Crippen LogP contribution in [-0.2, 0) is 6.54 Å². The molecular formula is C18H15N5S. The van der Waals surface area contributed by atoms with Crippen LogP contribution >= 0.6 is 11.3 Å². The zero-order valence-electron chi connectivity index (χ0n) is 13.1. The van der Waals surface area contributed by atoms with Crippen molar-refractivity contribution in [1.29, 1.82) is 0 Å². The molecule has 0 unspecified atom stereocenters. The van der Waals surface area contributed by atoms with Gasteiger partial charge in [-0.05, 0) is 12.1 Å². The van der Waals surface area contributed by atoms with E-state index in [1.807, 2.05) is 35.7 Å². The van der Waals surface area contributed by atoms with E-state index >= 15 is 0 Å². The normalized spacial score (nSPS) is 10.9. The minimum atomic E-state index is 0.516. The van der Waals surface area contributed by atoms with E-state index in [9.17, 15) is 0 Å². The molecule has 118 valence electrons. The molecule has 0 aliphatic rings. The second kappa shape index (κ2) is 6.33. The maximum absolute atomic E-state index is 4.68. The number of tetrazole rings is 1. The van der Waals surface area contributed by atoms with Gasteiger partial charge in [0.25, 0.3) is 0 Å². The Bertz CT molecular complexity index is 941. The van der Waals surface area contributed by atoms with E-state index in [1.165, 1.54) is 5.56 Å². The molecular weight excluding hydrogens is 318 g/mol. The summed E-state index contributed by atoms with van der Waals surface area (Å²) in [4.78, 5) is 6.26. The molecule has 0 spiro atoms. The van der Waals surface area contributed by atoms with Crippen LogP contribution in [0, 0.1) is 6.92 Å². The van der Waals surface area contributed by atoms with E-state index in [0.717, 1.165) is 21.8 Å². The smallest absolute Gasteiger partial charge is 0.204 e. The Balaban J connectivity index is 1.52. The van der Waals surface area contributed by atoms with Crippen LogP contribution < -0.4 is 0 Å². The number of aromatic nitrogens is 5. The van der Waals surface area contributed by atoms with Crippen LogP contribution in [0.1, 0.15) is 11.3 Å². The van der Waals surface area contributed by atoms with Crippen molar-refractivity contribution in [3.63, 3.8) is 0 Å². The summed E-state index contributed by atoms with van der Waals surface area (Å²) in [5.74, 6) is 0.629. The first-order chi connectivity index (χ1) is 11.8. The lowest BCUT2D eigenvalue weighted by Crippen LogP contribution is -2.04. The maximum Gasteiger partial charge on any atom is 0.204 e. The van der Waals surface area contributed by atoms with Crippen LogP contribution in [0.25, 0.3) is 22.0 Å². The van der Waals surface area contributed by atoms with Gasteiger partial charge in [0.05, 0.1) is 5.69 Å². The fraction of sp³-hybridized carbons (Fsp3) is 0.111. The second-order valence-corrected chi connectivity index (χ2v) is 6.38. The Labute approximate surface area is 143 Å². The molecule has 6 heteroatoms. The highest BCUT2D eigenvalue weighted by Gasteiger charge is 2.09. The predicted molar refractivity (Wildman–Crippen MR) is 94.6 cm³/mol. The van der Waals surface area contributed by atoms with Gasteiger partial charge < -0.3 is 0 Å². The van der Waals surface area contributed by atoms with Gasteiger partial charge in [0, 0.05) is 16.5 Å². The number of aryl methyl sites for hydroxylation is 1. The van der Waals surface area contributed by atoms with Gasteiger partial charge in [-0.15, -0.1) is 21.5 Å². The van der Waals surface area contributed by atoms with Crippen LogP contribution in [0.4, 0.5) is 0 Å². The van der Waals surface area contributed by atoms with Crippen molar-refractivity contribution in [2.24, 2.45) is 0 Å². The summed E-state index contributed by atoms with van der Waals surface area (Å²) in [6.07, 6.45) is 0. The van der Waals surface area contributed by atoms with Crippen molar-refractivity contribution in [3.8, 4) is 22.0 Å². The quantitative estimate of drug-likeness (QED) is 0.570. The molecule has 4 aromatic rings. The van der Waals surface area contributed by atoms with Crippen molar-refractivity contribution >= 4 is 11.3 Å². The first-order valence-corrected chi connectivity index (χ1v) is 8.50. The Kier molecular flexibility index (Phi) is 3.88. The third kappa shape index (κ3) is 3.09. The fourth-order valence-electron chi connectivity index (χ4n) is 2.37. The first-order valence-electron chi connectivity index (χ1n) is 7.62. The third-order valence-corrected chi connectivity index (χ3v) is 4.58. The molecule has 0 saturated carbocycles. The molecule has 0 aliphatic heterocycles. The number of rotatable bonds is 4. The van der Waals surface area contributed by atoms with Gasteiger partial charge in [-0.25, -0.2) is 4.98 Å². The summed E-state index contributed by atoms with van der Waals surface area (Å²) in [6.45, 7) is 2.60. The summed E-state index contributed by atoms with van der Waals surface area (Å²) >= 11 is 1.63. The van der Waals surface area contributed by atoms with Crippen LogP contribution in [0.5, 0.6) is 0 Å². The molecule has 0 atom stereocenters. The van der Waals surface area contributed by atoms with Crippen LogP contribution in [-0.4, -0.2) is 25.2 Å². The van der Waals surface area contributed by atoms with E-state index in [0.29, 0.717) is 12.4 Å². The predicted octanol–water partition coefficient (Wildman–Crippen LogP) is 3.82. The van der Waals surface area contributed by atoms with Gasteiger partial charge in [-0.1, -0.05) is 60.2 Å². The summed E-state index contributed by atoms with van der Waals surface area (Å²) in [7, 11) is 0. The highest BCUT2D eigenvalue weighted by atomic mass is 32.1. The molecule has 0 radical (unpaired) electrons. The zero-order valence-corrected chi connectivity index (χ0v) is 13.9. The topological polar surface area (TPSA) is 56.5 Å². The average molecular weight is 333 g/mol. The summed E-state index contributed by atoms with van der Waals surface area (Å²) in [5, 5.41) is 15.7. The molecule has 4 rings (SSSR count). The van der Waals surface area contributed by atoms with Gasteiger partial charge in [-0.2, -0.15) is 4.80 Å². The number of benzene rings is 2. The van der Waals surface area contributed by atoms with E-state index in [4.69, 9.17) is 0 Å². The minimum Gasteiger partial charge on any atom is -0.239 e. The van der Waals surface area contributed by atoms with Crippen molar-refractivity contribution in [1.82, 2.24) is 25.2 Å². The van der Waals surface area contributed by atoms with Gasteiger partial charge in [0.15, 0.2) is 0 Å². The lowest BCUT2D eigenvalue weighted by Gasteiger charge is -1.97. The van der Waals surface area contributed by atoms with Gasteiger partial charge in [0.1, 0.15) is 11.6 Å². The largest absolute Gasteiger partial charge is 0.239 e. The number of thiazole rings is 1. The summed E-state index contributed by atoms with van der Waals surface area (Å²) < 4.78 is 0. The lowest BCUT2D eigenvalue weighted by atomic mass is 10.2. The molecule has 2 aromatic heterocycles. The van der Waals surface area contributed by atoms with Crippen LogP contribution in [0.15, 0.2) is 60.0 Å². The Morgan fingerprint density at radius 2 is 1.75 bits per heavy atom.